The van der Waals surface area contributed by atoms with Crippen molar-refractivity contribution in [1.82, 2.24) is 4.90 Å². The van der Waals surface area contributed by atoms with Crippen molar-refractivity contribution in [2.24, 2.45) is 0 Å². The van der Waals surface area contributed by atoms with Crippen LogP contribution in [0.2, 0.25) is 0 Å². The van der Waals surface area contributed by atoms with Gasteiger partial charge >= 0.3 is 0 Å². The summed E-state index contributed by atoms with van der Waals surface area (Å²) in [5.41, 5.74) is 1.58. The third kappa shape index (κ3) is 5.20. The maximum absolute atomic E-state index is 13.0. The van der Waals surface area contributed by atoms with Gasteiger partial charge in [0.25, 0.3) is 0 Å². The molecule has 0 unspecified atom stereocenters. The van der Waals surface area contributed by atoms with Gasteiger partial charge in [0, 0.05) is 12.2 Å². The highest BCUT2D eigenvalue weighted by Gasteiger charge is 2.19. The van der Waals surface area contributed by atoms with E-state index in [4.69, 9.17) is 9.47 Å². The van der Waals surface area contributed by atoms with Crippen molar-refractivity contribution in [2.45, 2.75) is 26.4 Å². The van der Waals surface area contributed by atoms with Gasteiger partial charge in [0.2, 0.25) is 5.91 Å². The van der Waals surface area contributed by atoms with Crippen LogP contribution in [0.15, 0.2) is 42.5 Å². The summed E-state index contributed by atoms with van der Waals surface area (Å²) < 4.78 is 23.8. The number of benzene rings is 2. The minimum atomic E-state index is -0.363. The number of hydrogen-bond acceptors (Lipinski definition) is 4. The second kappa shape index (κ2) is 9.20. The van der Waals surface area contributed by atoms with E-state index in [-0.39, 0.29) is 17.8 Å². The minimum absolute atomic E-state index is 0.156. The Morgan fingerprint density at radius 3 is 2.50 bits per heavy atom. The summed E-state index contributed by atoms with van der Waals surface area (Å²) in [7, 11) is 3.47. The molecule has 0 aromatic heterocycles. The molecule has 2 aromatic rings. The van der Waals surface area contributed by atoms with E-state index in [0.717, 1.165) is 5.56 Å². The van der Waals surface area contributed by atoms with Crippen LogP contribution in [0.5, 0.6) is 11.5 Å². The lowest BCUT2D eigenvalue weighted by atomic mass is 10.1. The lowest BCUT2D eigenvalue weighted by Gasteiger charge is -2.24. The van der Waals surface area contributed by atoms with E-state index in [1.165, 1.54) is 24.3 Å². The second-order valence-corrected chi connectivity index (χ2v) is 6.01. The lowest BCUT2D eigenvalue weighted by molar-refractivity contribution is -0.120. The number of amides is 1. The molecule has 2 aromatic carbocycles. The van der Waals surface area contributed by atoms with Crippen molar-refractivity contribution >= 4 is 11.6 Å². The van der Waals surface area contributed by atoms with Crippen LogP contribution >= 0.6 is 0 Å². The summed E-state index contributed by atoms with van der Waals surface area (Å²) in [5.74, 6) is 0.874. The second-order valence-electron chi connectivity index (χ2n) is 6.01. The Balaban J connectivity index is 2.00. The Hall–Kier alpha value is -2.60. The van der Waals surface area contributed by atoms with E-state index in [9.17, 15) is 9.18 Å². The molecule has 1 amide bonds. The topological polar surface area (TPSA) is 50.8 Å². The first-order valence-electron chi connectivity index (χ1n) is 8.51. The molecule has 0 aliphatic carbocycles. The number of methoxy groups -OCH3 is 1. The third-order valence-corrected chi connectivity index (χ3v) is 4.11. The van der Waals surface area contributed by atoms with Crippen LogP contribution in [-0.2, 0) is 11.3 Å². The van der Waals surface area contributed by atoms with Crippen LogP contribution in [0.25, 0.3) is 0 Å². The predicted molar refractivity (Wildman–Crippen MR) is 100 cm³/mol. The van der Waals surface area contributed by atoms with Gasteiger partial charge in [0.15, 0.2) is 11.5 Å². The number of hydrogen-bond donors (Lipinski definition) is 1. The predicted octanol–water partition coefficient (Wildman–Crippen LogP) is 3.69. The summed E-state index contributed by atoms with van der Waals surface area (Å²) >= 11 is 0. The van der Waals surface area contributed by atoms with E-state index in [1.54, 1.807) is 7.11 Å². The first-order valence-corrected chi connectivity index (χ1v) is 8.51. The maximum Gasteiger partial charge on any atom is 0.241 e. The van der Waals surface area contributed by atoms with Crippen LogP contribution < -0.4 is 14.8 Å². The molecular weight excluding hydrogens is 335 g/mol. The number of nitrogens with zero attached hydrogens (tertiary/aromatic N) is 1. The molecule has 0 fully saturated rings. The molecule has 1 atom stereocenters. The van der Waals surface area contributed by atoms with E-state index >= 15 is 0 Å². The smallest absolute Gasteiger partial charge is 0.241 e. The van der Waals surface area contributed by atoms with Crippen molar-refractivity contribution in [3.8, 4) is 11.5 Å². The Morgan fingerprint density at radius 1 is 1.19 bits per heavy atom. The van der Waals surface area contributed by atoms with Gasteiger partial charge in [-0.25, -0.2) is 4.39 Å². The number of carbonyl (C=O) groups is 1. The molecule has 1 N–H and O–H groups in total. The van der Waals surface area contributed by atoms with Crippen molar-refractivity contribution in [3.05, 3.63) is 53.8 Å². The molecule has 2 rings (SSSR count). The zero-order valence-corrected chi connectivity index (χ0v) is 15.6. The fourth-order valence-corrected chi connectivity index (χ4v) is 2.49. The highest BCUT2D eigenvalue weighted by Crippen LogP contribution is 2.28. The van der Waals surface area contributed by atoms with Gasteiger partial charge in [-0.05, 0) is 62.9 Å². The van der Waals surface area contributed by atoms with Crippen LogP contribution in [0.3, 0.4) is 0 Å². The summed E-state index contributed by atoms with van der Waals surface area (Å²) in [6.07, 6.45) is 0. The number of nitrogens with one attached hydrogen (secondary N) is 1. The van der Waals surface area contributed by atoms with Crippen LogP contribution in [0.1, 0.15) is 19.4 Å². The van der Waals surface area contributed by atoms with Gasteiger partial charge in [0.1, 0.15) is 5.82 Å². The Labute approximate surface area is 153 Å². The number of anilines is 1. The summed E-state index contributed by atoms with van der Waals surface area (Å²) in [6.45, 7) is 4.88. The standard InChI is InChI=1S/C20H25FN2O3/c1-5-26-18-11-6-15(12-19(18)25-4)13-23(3)14(2)20(24)22-17-9-7-16(21)8-10-17/h6-12,14H,5,13H2,1-4H3,(H,22,24)/t14-/m0/s1. The number of carbonyl (C=O) groups excluding carboxylic acids is 1. The molecule has 140 valence electrons. The van der Waals surface area contributed by atoms with E-state index in [2.05, 4.69) is 5.32 Å². The first-order chi connectivity index (χ1) is 12.4. The minimum Gasteiger partial charge on any atom is -0.493 e. The SMILES string of the molecule is CCOc1ccc(CN(C)[C@@H](C)C(=O)Nc2ccc(F)cc2)cc1OC. The monoisotopic (exact) mass is 360 g/mol. The van der Waals surface area contributed by atoms with Crippen molar-refractivity contribution in [2.75, 3.05) is 26.1 Å². The maximum atomic E-state index is 13.0. The highest BCUT2D eigenvalue weighted by atomic mass is 19.1. The Morgan fingerprint density at radius 2 is 1.88 bits per heavy atom. The number of rotatable bonds is 8. The molecule has 0 spiro atoms. The van der Waals surface area contributed by atoms with E-state index < -0.39 is 0 Å². The fraction of sp³-hybridized carbons (Fsp3) is 0.350. The van der Waals surface area contributed by atoms with Crippen LogP contribution in [0.4, 0.5) is 10.1 Å². The van der Waals surface area contributed by atoms with Gasteiger partial charge in [-0.3, -0.25) is 9.69 Å². The summed E-state index contributed by atoms with van der Waals surface area (Å²) in [5, 5.41) is 2.79. The van der Waals surface area contributed by atoms with Crippen LogP contribution in [0, 0.1) is 5.82 Å². The Bertz CT molecular complexity index is 734. The first kappa shape index (κ1) is 19.7. The van der Waals surface area contributed by atoms with Gasteiger partial charge in [-0.1, -0.05) is 6.07 Å². The lowest BCUT2D eigenvalue weighted by Crippen LogP contribution is -2.39. The fourth-order valence-electron chi connectivity index (χ4n) is 2.49. The van der Waals surface area contributed by atoms with Crippen molar-refractivity contribution < 1.29 is 18.7 Å². The average Bonchev–Trinajstić information content (AvgIpc) is 2.64. The summed E-state index contributed by atoms with van der Waals surface area (Å²) in [6, 6.07) is 11.1. The number of likely N-dealkylation sites (N-methyl/N-ethyl adjacent to an activating group) is 1. The zero-order chi connectivity index (χ0) is 19.1. The molecule has 0 bridgehead atoms. The van der Waals surface area contributed by atoms with Gasteiger partial charge in [-0.2, -0.15) is 0 Å². The average molecular weight is 360 g/mol. The van der Waals surface area contributed by atoms with Crippen molar-refractivity contribution in [3.63, 3.8) is 0 Å². The molecule has 0 radical (unpaired) electrons. The molecule has 26 heavy (non-hydrogen) atoms. The molecule has 0 aliphatic heterocycles. The normalized spacial score (nSPS) is 11.9. The quantitative estimate of drug-likeness (QED) is 0.780. The molecule has 5 nitrogen and oxygen atoms in total. The molecular formula is C20H25FN2O3. The molecule has 0 aliphatic rings. The van der Waals surface area contributed by atoms with Gasteiger partial charge in [0.05, 0.1) is 19.8 Å². The van der Waals surface area contributed by atoms with E-state index in [0.29, 0.717) is 30.3 Å². The van der Waals surface area contributed by atoms with Gasteiger partial charge < -0.3 is 14.8 Å². The zero-order valence-electron chi connectivity index (χ0n) is 15.6. The van der Waals surface area contributed by atoms with Crippen LogP contribution in [-0.4, -0.2) is 37.6 Å². The number of halogens is 1. The molecule has 0 saturated heterocycles. The van der Waals surface area contributed by atoms with Crippen molar-refractivity contribution in [1.29, 1.82) is 0 Å². The molecule has 0 saturated carbocycles. The summed E-state index contributed by atoms with van der Waals surface area (Å²) in [4.78, 5) is 14.3. The molecule has 0 heterocycles. The largest absolute Gasteiger partial charge is 0.493 e. The Kier molecular flexibility index (Phi) is 6.97. The highest BCUT2D eigenvalue weighted by molar-refractivity contribution is 5.94. The van der Waals surface area contributed by atoms with Gasteiger partial charge in [-0.15, -0.1) is 0 Å². The molecule has 6 heteroatoms. The number of ether oxygens (including phenoxy) is 2. The third-order valence-electron chi connectivity index (χ3n) is 4.11. The van der Waals surface area contributed by atoms with E-state index in [1.807, 2.05) is 44.0 Å².